The zero-order valence-corrected chi connectivity index (χ0v) is 17.1. The number of benzene rings is 1. The molecule has 0 aromatic heterocycles. The van der Waals surface area contributed by atoms with Crippen LogP contribution in [0.1, 0.15) is 45.1 Å². The van der Waals surface area contributed by atoms with Crippen molar-refractivity contribution in [3.05, 3.63) is 35.4 Å². The fourth-order valence-electron chi connectivity index (χ4n) is 3.57. The fourth-order valence-corrected chi connectivity index (χ4v) is 3.57. The first-order chi connectivity index (χ1) is 13.5. The Morgan fingerprint density at radius 3 is 2.50 bits per heavy atom. The number of carbonyl (C=O) groups excluding carboxylic acids is 1. The number of hydrogen-bond donors (Lipinski definition) is 2. The standard InChI is InChI=1S/C21H32F2N4O/c1-4-15(5-2)20(28)27-12-9-18(10-13-27)26-21(24-3)25-11-8-16-6-7-17(22)14-19(16)23/h6-7,14-15,18H,4-5,8-13H2,1-3H3,(H2,24,25,26). The average molecular weight is 395 g/mol. The summed E-state index contributed by atoms with van der Waals surface area (Å²) < 4.78 is 26.7. The number of amides is 1. The van der Waals surface area contributed by atoms with Gasteiger partial charge in [-0.05, 0) is 43.7 Å². The van der Waals surface area contributed by atoms with Crippen molar-refractivity contribution in [3.8, 4) is 0 Å². The van der Waals surface area contributed by atoms with Crippen LogP contribution in [0.4, 0.5) is 8.78 Å². The van der Waals surface area contributed by atoms with Gasteiger partial charge in [-0.25, -0.2) is 8.78 Å². The van der Waals surface area contributed by atoms with E-state index in [4.69, 9.17) is 0 Å². The molecule has 0 saturated carbocycles. The Balaban J connectivity index is 1.76. The quantitative estimate of drug-likeness (QED) is 0.552. The average Bonchev–Trinajstić information content (AvgIpc) is 2.70. The second-order valence-corrected chi connectivity index (χ2v) is 7.24. The molecule has 0 bridgehead atoms. The summed E-state index contributed by atoms with van der Waals surface area (Å²) in [6.45, 7) is 6.13. The molecule has 0 aliphatic carbocycles. The number of rotatable bonds is 7. The summed E-state index contributed by atoms with van der Waals surface area (Å²) in [4.78, 5) is 18.7. The molecule has 1 aliphatic heterocycles. The minimum Gasteiger partial charge on any atom is -0.356 e. The molecule has 1 aromatic carbocycles. The molecule has 28 heavy (non-hydrogen) atoms. The molecule has 0 atom stereocenters. The van der Waals surface area contributed by atoms with Crippen LogP contribution in [0.5, 0.6) is 0 Å². The lowest BCUT2D eigenvalue weighted by atomic mass is 9.98. The van der Waals surface area contributed by atoms with Gasteiger partial charge < -0.3 is 15.5 Å². The molecule has 0 unspecified atom stereocenters. The molecule has 1 aliphatic rings. The van der Waals surface area contributed by atoms with Crippen molar-refractivity contribution in [2.75, 3.05) is 26.7 Å². The lowest BCUT2D eigenvalue weighted by Crippen LogP contribution is -2.50. The van der Waals surface area contributed by atoms with Crippen LogP contribution in [0.3, 0.4) is 0 Å². The highest BCUT2D eigenvalue weighted by Crippen LogP contribution is 2.17. The van der Waals surface area contributed by atoms with Gasteiger partial charge in [-0.15, -0.1) is 0 Å². The first-order valence-electron chi connectivity index (χ1n) is 10.2. The zero-order valence-electron chi connectivity index (χ0n) is 17.1. The van der Waals surface area contributed by atoms with E-state index < -0.39 is 11.6 Å². The third-order valence-electron chi connectivity index (χ3n) is 5.41. The van der Waals surface area contributed by atoms with E-state index in [0.717, 1.165) is 44.8 Å². The Kier molecular flexibility index (Phi) is 8.67. The molecular weight excluding hydrogens is 362 g/mol. The third kappa shape index (κ3) is 6.17. The first kappa shape index (κ1) is 22.1. The van der Waals surface area contributed by atoms with Crippen LogP contribution < -0.4 is 10.6 Å². The molecule has 156 valence electrons. The number of aliphatic imine (C=N–C) groups is 1. The maximum atomic E-state index is 13.7. The van der Waals surface area contributed by atoms with E-state index in [-0.39, 0.29) is 17.9 Å². The highest BCUT2D eigenvalue weighted by atomic mass is 19.1. The van der Waals surface area contributed by atoms with Crippen LogP contribution in [0.25, 0.3) is 0 Å². The third-order valence-corrected chi connectivity index (χ3v) is 5.41. The number of hydrogen-bond acceptors (Lipinski definition) is 2. The van der Waals surface area contributed by atoms with Gasteiger partial charge in [0.05, 0.1) is 0 Å². The number of nitrogens with zero attached hydrogens (tertiary/aromatic N) is 2. The zero-order chi connectivity index (χ0) is 20.5. The van der Waals surface area contributed by atoms with E-state index in [1.165, 1.54) is 12.1 Å². The monoisotopic (exact) mass is 394 g/mol. The molecule has 2 N–H and O–H groups in total. The van der Waals surface area contributed by atoms with Gasteiger partial charge in [0.1, 0.15) is 11.6 Å². The molecule has 1 fully saturated rings. The summed E-state index contributed by atoms with van der Waals surface area (Å²) in [5.74, 6) is -0.0367. The molecule has 1 amide bonds. The minimum absolute atomic E-state index is 0.130. The van der Waals surface area contributed by atoms with E-state index in [0.29, 0.717) is 24.5 Å². The molecule has 0 radical (unpaired) electrons. The largest absolute Gasteiger partial charge is 0.356 e. The van der Waals surface area contributed by atoms with Crippen LogP contribution in [-0.2, 0) is 11.2 Å². The van der Waals surface area contributed by atoms with Crippen LogP contribution >= 0.6 is 0 Å². The summed E-state index contributed by atoms with van der Waals surface area (Å²) in [5, 5.41) is 6.55. The topological polar surface area (TPSA) is 56.7 Å². The molecule has 5 nitrogen and oxygen atoms in total. The lowest BCUT2D eigenvalue weighted by Gasteiger charge is -2.34. The normalized spacial score (nSPS) is 15.8. The van der Waals surface area contributed by atoms with Crippen LogP contribution in [-0.4, -0.2) is 49.5 Å². The molecule has 1 heterocycles. The Morgan fingerprint density at radius 1 is 1.25 bits per heavy atom. The highest BCUT2D eigenvalue weighted by Gasteiger charge is 2.26. The van der Waals surface area contributed by atoms with Gasteiger partial charge in [-0.3, -0.25) is 9.79 Å². The predicted octanol–water partition coefficient (Wildman–Crippen LogP) is 3.10. The SMILES string of the molecule is CCC(CC)C(=O)N1CCC(NC(=NC)NCCc2ccc(F)cc2F)CC1. The van der Waals surface area contributed by atoms with Gasteiger partial charge in [0.2, 0.25) is 5.91 Å². The molecule has 2 rings (SSSR count). The Hall–Kier alpha value is -2.18. The fraction of sp³-hybridized carbons (Fsp3) is 0.619. The molecule has 1 aromatic rings. The van der Waals surface area contributed by atoms with Gasteiger partial charge in [-0.1, -0.05) is 19.9 Å². The summed E-state index contributed by atoms with van der Waals surface area (Å²) in [6.07, 6.45) is 3.96. The van der Waals surface area contributed by atoms with E-state index >= 15 is 0 Å². The van der Waals surface area contributed by atoms with Crippen molar-refractivity contribution in [1.29, 1.82) is 0 Å². The molecule has 7 heteroatoms. The predicted molar refractivity (Wildman–Crippen MR) is 108 cm³/mol. The number of piperidine rings is 1. The van der Waals surface area contributed by atoms with Crippen molar-refractivity contribution in [3.63, 3.8) is 0 Å². The second kappa shape index (κ2) is 11.0. The van der Waals surface area contributed by atoms with Gasteiger partial charge in [0, 0.05) is 44.7 Å². The number of halogens is 2. The summed E-state index contributed by atoms with van der Waals surface area (Å²) in [5.41, 5.74) is 0.470. The summed E-state index contributed by atoms with van der Waals surface area (Å²) in [6, 6.07) is 3.88. The van der Waals surface area contributed by atoms with E-state index in [1.807, 2.05) is 4.90 Å². The lowest BCUT2D eigenvalue weighted by molar-refractivity contribution is -0.136. The number of likely N-dealkylation sites (tertiary alicyclic amines) is 1. The second-order valence-electron chi connectivity index (χ2n) is 7.24. The van der Waals surface area contributed by atoms with Crippen molar-refractivity contribution < 1.29 is 13.6 Å². The maximum Gasteiger partial charge on any atom is 0.225 e. The van der Waals surface area contributed by atoms with Crippen LogP contribution in [0, 0.1) is 17.6 Å². The smallest absolute Gasteiger partial charge is 0.225 e. The van der Waals surface area contributed by atoms with E-state index in [9.17, 15) is 13.6 Å². The number of carbonyl (C=O) groups is 1. The molecule has 0 spiro atoms. The maximum absolute atomic E-state index is 13.7. The van der Waals surface area contributed by atoms with Crippen molar-refractivity contribution in [2.45, 2.75) is 52.0 Å². The van der Waals surface area contributed by atoms with Crippen LogP contribution in [0.15, 0.2) is 23.2 Å². The summed E-state index contributed by atoms with van der Waals surface area (Å²) in [7, 11) is 1.69. The van der Waals surface area contributed by atoms with Crippen molar-refractivity contribution in [2.24, 2.45) is 10.9 Å². The van der Waals surface area contributed by atoms with Crippen LogP contribution in [0.2, 0.25) is 0 Å². The van der Waals surface area contributed by atoms with E-state index in [1.54, 1.807) is 7.05 Å². The van der Waals surface area contributed by atoms with Gasteiger partial charge in [0.15, 0.2) is 5.96 Å². The number of nitrogens with one attached hydrogen (secondary N) is 2. The Morgan fingerprint density at radius 2 is 1.93 bits per heavy atom. The van der Waals surface area contributed by atoms with Gasteiger partial charge >= 0.3 is 0 Å². The summed E-state index contributed by atoms with van der Waals surface area (Å²) >= 11 is 0. The molecule has 1 saturated heterocycles. The first-order valence-corrected chi connectivity index (χ1v) is 10.2. The van der Waals surface area contributed by atoms with Crippen molar-refractivity contribution >= 4 is 11.9 Å². The minimum atomic E-state index is -0.569. The molecular formula is C21H32F2N4O. The Labute approximate surface area is 166 Å². The van der Waals surface area contributed by atoms with Gasteiger partial charge in [0.25, 0.3) is 0 Å². The Bertz CT molecular complexity index is 668. The number of guanidine groups is 1. The van der Waals surface area contributed by atoms with Gasteiger partial charge in [-0.2, -0.15) is 0 Å². The van der Waals surface area contributed by atoms with E-state index in [2.05, 4.69) is 29.5 Å². The highest BCUT2D eigenvalue weighted by molar-refractivity contribution is 5.80. The van der Waals surface area contributed by atoms with Crippen molar-refractivity contribution in [1.82, 2.24) is 15.5 Å².